The summed E-state index contributed by atoms with van der Waals surface area (Å²) in [4.78, 5) is 12.2. The molecule has 0 saturated heterocycles. The van der Waals surface area contributed by atoms with Gasteiger partial charge < -0.3 is 10.6 Å². The molecule has 6 heteroatoms. The number of hydrogen-bond donors (Lipinski definition) is 2. The van der Waals surface area contributed by atoms with Gasteiger partial charge in [0.1, 0.15) is 5.82 Å². The molecule has 0 bridgehead atoms. The van der Waals surface area contributed by atoms with Crippen LogP contribution in [0.5, 0.6) is 0 Å². The van der Waals surface area contributed by atoms with E-state index in [1.807, 2.05) is 25.1 Å². The van der Waals surface area contributed by atoms with Crippen molar-refractivity contribution in [1.29, 1.82) is 0 Å². The van der Waals surface area contributed by atoms with E-state index < -0.39 is 0 Å². The summed E-state index contributed by atoms with van der Waals surface area (Å²) < 4.78 is 1.01. The summed E-state index contributed by atoms with van der Waals surface area (Å²) >= 11 is 3.44. The topological polar surface area (TPSA) is 66.9 Å². The Labute approximate surface area is 145 Å². The third kappa shape index (κ3) is 5.32. The summed E-state index contributed by atoms with van der Waals surface area (Å²) in [5.74, 6) is 1.05. The van der Waals surface area contributed by atoms with Crippen LogP contribution in [0.3, 0.4) is 0 Å². The number of nitrogens with zero attached hydrogens (tertiary/aromatic N) is 2. The molecule has 0 aliphatic heterocycles. The first-order chi connectivity index (χ1) is 11.0. The van der Waals surface area contributed by atoms with E-state index >= 15 is 0 Å². The smallest absolute Gasteiger partial charge is 0.276 e. The molecule has 0 aliphatic carbocycles. The highest BCUT2D eigenvalue weighted by Gasteiger charge is 2.09. The van der Waals surface area contributed by atoms with Gasteiger partial charge in [-0.25, -0.2) is 0 Å². The Balaban J connectivity index is 1.95. The molecule has 0 unspecified atom stereocenters. The molecule has 0 radical (unpaired) electrons. The minimum Gasteiger partial charge on any atom is -0.369 e. The van der Waals surface area contributed by atoms with Crippen molar-refractivity contribution in [2.75, 3.05) is 17.2 Å². The highest BCUT2D eigenvalue weighted by Crippen LogP contribution is 2.20. The second-order valence-electron chi connectivity index (χ2n) is 5.83. The maximum Gasteiger partial charge on any atom is 0.276 e. The van der Waals surface area contributed by atoms with E-state index in [9.17, 15) is 4.79 Å². The second-order valence-corrected chi connectivity index (χ2v) is 6.69. The highest BCUT2D eigenvalue weighted by molar-refractivity contribution is 9.10. The number of halogens is 1. The van der Waals surface area contributed by atoms with Crippen molar-refractivity contribution < 1.29 is 4.79 Å². The van der Waals surface area contributed by atoms with Gasteiger partial charge in [-0.05, 0) is 55.2 Å². The van der Waals surface area contributed by atoms with Crippen molar-refractivity contribution in [3.8, 4) is 0 Å². The first kappa shape index (κ1) is 17.4. The summed E-state index contributed by atoms with van der Waals surface area (Å²) in [6.07, 6.45) is 1.06. The number of benzene rings is 1. The summed E-state index contributed by atoms with van der Waals surface area (Å²) in [6.45, 7) is 7.16. The minimum absolute atomic E-state index is 0.270. The molecule has 0 spiro atoms. The number of rotatable bonds is 6. The van der Waals surface area contributed by atoms with Crippen LogP contribution in [0.25, 0.3) is 0 Å². The van der Waals surface area contributed by atoms with Crippen LogP contribution in [0.4, 0.5) is 11.5 Å². The predicted molar refractivity (Wildman–Crippen MR) is 96.8 cm³/mol. The number of nitrogens with one attached hydrogen (secondary N) is 2. The fourth-order valence-corrected chi connectivity index (χ4v) is 2.20. The predicted octanol–water partition coefficient (Wildman–Crippen LogP) is 4.26. The summed E-state index contributed by atoms with van der Waals surface area (Å²) in [5, 5.41) is 14.0. The van der Waals surface area contributed by atoms with Crippen LogP contribution in [0.1, 0.15) is 36.3 Å². The number of aromatic nitrogens is 2. The Bertz CT molecular complexity index is 671. The van der Waals surface area contributed by atoms with Gasteiger partial charge in [0.05, 0.1) is 0 Å². The van der Waals surface area contributed by atoms with Gasteiger partial charge in [-0.1, -0.05) is 29.8 Å². The van der Waals surface area contributed by atoms with E-state index in [0.29, 0.717) is 17.4 Å². The van der Waals surface area contributed by atoms with E-state index in [1.165, 1.54) is 0 Å². The van der Waals surface area contributed by atoms with Crippen LogP contribution in [0.2, 0.25) is 0 Å². The zero-order valence-electron chi connectivity index (χ0n) is 13.6. The largest absolute Gasteiger partial charge is 0.369 e. The molecule has 0 saturated carbocycles. The standard InChI is InChI=1S/C17H21BrN4O/c1-11(2)8-9-19-16-7-6-15(21-22-16)17(23)20-13-4-5-14(18)12(3)10-13/h4-7,10-11H,8-9H2,1-3H3,(H,19,22)(H,20,23). The number of aryl methyl sites for hydroxylation is 1. The van der Waals surface area contributed by atoms with Gasteiger partial charge in [0, 0.05) is 16.7 Å². The van der Waals surface area contributed by atoms with Gasteiger partial charge in [-0.2, -0.15) is 0 Å². The summed E-state index contributed by atoms with van der Waals surface area (Å²) in [7, 11) is 0. The molecule has 0 aliphatic rings. The molecular formula is C17H21BrN4O. The van der Waals surface area contributed by atoms with E-state index in [4.69, 9.17) is 0 Å². The molecule has 122 valence electrons. The number of carbonyl (C=O) groups excluding carboxylic acids is 1. The van der Waals surface area contributed by atoms with Gasteiger partial charge in [0.2, 0.25) is 0 Å². The lowest BCUT2D eigenvalue weighted by atomic mass is 10.1. The zero-order valence-corrected chi connectivity index (χ0v) is 15.1. The Hall–Kier alpha value is -1.95. The van der Waals surface area contributed by atoms with Gasteiger partial charge in [-0.3, -0.25) is 4.79 Å². The van der Waals surface area contributed by atoms with E-state index in [-0.39, 0.29) is 5.91 Å². The van der Waals surface area contributed by atoms with Crippen LogP contribution >= 0.6 is 15.9 Å². The van der Waals surface area contributed by atoms with Crippen LogP contribution in [0, 0.1) is 12.8 Å². The first-order valence-electron chi connectivity index (χ1n) is 7.61. The second kappa shape index (κ2) is 8.06. The van der Waals surface area contributed by atoms with Crippen molar-refractivity contribution in [3.05, 3.63) is 46.1 Å². The van der Waals surface area contributed by atoms with Crippen LogP contribution in [-0.2, 0) is 0 Å². The molecule has 1 aromatic heterocycles. The molecule has 0 atom stereocenters. The number of hydrogen-bond acceptors (Lipinski definition) is 4. The summed E-state index contributed by atoms with van der Waals surface area (Å²) in [6, 6.07) is 9.08. The van der Waals surface area contributed by atoms with Crippen molar-refractivity contribution in [3.63, 3.8) is 0 Å². The summed E-state index contributed by atoms with van der Waals surface area (Å²) in [5.41, 5.74) is 2.08. The van der Waals surface area contributed by atoms with Gasteiger partial charge >= 0.3 is 0 Å². The zero-order chi connectivity index (χ0) is 16.8. The van der Waals surface area contributed by atoms with Gasteiger partial charge in [0.25, 0.3) is 5.91 Å². The molecule has 1 aromatic carbocycles. The number of carbonyl (C=O) groups is 1. The Morgan fingerprint density at radius 3 is 2.61 bits per heavy atom. The average Bonchev–Trinajstić information content (AvgIpc) is 2.51. The number of amides is 1. The fourth-order valence-electron chi connectivity index (χ4n) is 1.95. The lowest BCUT2D eigenvalue weighted by Crippen LogP contribution is -2.15. The molecule has 5 nitrogen and oxygen atoms in total. The first-order valence-corrected chi connectivity index (χ1v) is 8.40. The Kier molecular flexibility index (Phi) is 6.10. The fraction of sp³-hybridized carbons (Fsp3) is 0.353. The molecule has 2 N–H and O–H groups in total. The molecular weight excluding hydrogens is 356 g/mol. The van der Waals surface area contributed by atoms with Crippen LogP contribution in [-0.4, -0.2) is 22.6 Å². The van der Waals surface area contributed by atoms with Gasteiger partial charge in [0.15, 0.2) is 5.69 Å². The van der Waals surface area contributed by atoms with Crippen LogP contribution < -0.4 is 10.6 Å². The lowest BCUT2D eigenvalue weighted by molar-refractivity contribution is 0.102. The minimum atomic E-state index is -0.270. The maximum absolute atomic E-state index is 12.2. The van der Waals surface area contributed by atoms with E-state index in [1.54, 1.807) is 12.1 Å². The average molecular weight is 377 g/mol. The molecule has 1 amide bonds. The third-order valence-corrected chi connectivity index (χ3v) is 4.23. The monoisotopic (exact) mass is 376 g/mol. The number of anilines is 2. The Morgan fingerprint density at radius 1 is 1.22 bits per heavy atom. The van der Waals surface area contributed by atoms with Crippen LogP contribution in [0.15, 0.2) is 34.8 Å². The molecule has 23 heavy (non-hydrogen) atoms. The molecule has 1 heterocycles. The van der Waals surface area contributed by atoms with E-state index in [0.717, 1.165) is 28.7 Å². The van der Waals surface area contributed by atoms with Crippen molar-refractivity contribution in [1.82, 2.24) is 10.2 Å². The third-order valence-electron chi connectivity index (χ3n) is 3.34. The SMILES string of the molecule is Cc1cc(NC(=O)c2ccc(NCCC(C)C)nn2)ccc1Br. The highest BCUT2D eigenvalue weighted by atomic mass is 79.9. The Morgan fingerprint density at radius 2 is 2.00 bits per heavy atom. The van der Waals surface area contributed by atoms with Gasteiger partial charge in [-0.15, -0.1) is 10.2 Å². The van der Waals surface area contributed by atoms with Crippen molar-refractivity contribution in [2.45, 2.75) is 27.2 Å². The molecule has 2 rings (SSSR count). The van der Waals surface area contributed by atoms with Crippen molar-refractivity contribution in [2.24, 2.45) is 5.92 Å². The maximum atomic E-state index is 12.2. The van der Waals surface area contributed by atoms with Crippen molar-refractivity contribution >= 4 is 33.3 Å². The normalized spacial score (nSPS) is 10.7. The lowest BCUT2D eigenvalue weighted by Gasteiger charge is -2.08. The molecule has 2 aromatic rings. The molecule has 0 fully saturated rings. The van der Waals surface area contributed by atoms with E-state index in [2.05, 4.69) is 50.6 Å². The quantitative estimate of drug-likeness (QED) is 0.790.